The van der Waals surface area contributed by atoms with E-state index in [9.17, 15) is 4.79 Å². The highest BCUT2D eigenvalue weighted by atomic mass is 16.2. The van der Waals surface area contributed by atoms with Crippen LogP contribution in [0.5, 0.6) is 0 Å². The van der Waals surface area contributed by atoms with Gasteiger partial charge in [-0.1, -0.05) is 6.92 Å². The summed E-state index contributed by atoms with van der Waals surface area (Å²) in [6, 6.07) is 3.89. The van der Waals surface area contributed by atoms with Crippen LogP contribution in [0.4, 0.5) is 5.82 Å². The van der Waals surface area contributed by atoms with E-state index in [2.05, 4.69) is 27.0 Å². The van der Waals surface area contributed by atoms with Gasteiger partial charge in [0.25, 0.3) is 5.91 Å². The van der Waals surface area contributed by atoms with Gasteiger partial charge in [0.05, 0.1) is 11.6 Å². The Hall–Kier alpha value is -2.44. The molecule has 2 aromatic heterocycles. The molecule has 2 saturated heterocycles. The maximum atomic E-state index is 13.0. The number of aromatic nitrogens is 4. The van der Waals surface area contributed by atoms with E-state index >= 15 is 0 Å². The van der Waals surface area contributed by atoms with Gasteiger partial charge in [-0.25, -0.2) is 4.98 Å². The zero-order valence-corrected chi connectivity index (χ0v) is 15.5. The fourth-order valence-electron chi connectivity index (χ4n) is 3.98. The number of nitrogens with zero attached hydrogens (tertiary/aromatic N) is 6. The van der Waals surface area contributed by atoms with E-state index < -0.39 is 0 Å². The summed E-state index contributed by atoms with van der Waals surface area (Å²) >= 11 is 0. The lowest BCUT2D eigenvalue weighted by Gasteiger charge is -2.31. The molecule has 4 rings (SSSR count). The van der Waals surface area contributed by atoms with E-state index in [1.807, 2.05) is 28.6 Å². The number of carbonyl (C=O) groups excluding carboxylic acids is 1. The Morgan fingerprint density at radius 1 is 1.15 bits per heavy atom. The lowest BCUT2D eigenvalue weighted by atomic mass is 9.99. The predicted molar refractivity (Wildman–Crippen MR) is 98.9 cm³/mol. The van der Waals surface area contributed by atoms with Crippen LogP contribution in [0.2, 0.25) is 0 Å². The number of hydrogen-bond donors (Lipinski definition) is 0. The molecule has 0 aliphatic carbocycles. The van der Waals surface area contributed by atoms with Crippen molar-refractivity contribution in [3.8, 4) is 0 Å². The number of amides is 1. The van der Waals surface area contributed by atoms with Gasteiger partial charge < -0.3 is 14.4 Å². The summed E-state index contributed by atoms with van der Waals surface area (Å²) in [5.74, 6) is 2.64. The average molecular weight is 354 g/mol. The monoisotopic (exact) mass is 354 g/mol. The molecular formula is C19H26N6O. The van der Waals surface area contributed by atoms with E-state index in [1.165, 1.54) is 12.8 Å². The third-order valence-electron chi connectivity index (χ3n) is 5.66. The summed E-state index contributed by atoms with van der Waals surface area (Å²) in [5, 5.41) is 8.16. The Labute approximate surface area is 154 Å². The van der Waals surface area contributed by atoms with Crippen molar-refractivity contribution in [1.29, 1.82) is 0 Å². The van der Waals surface area contributed by atoms with E-state index in [1.54, 1.807) is 12.5 Å². The van der Waals surface area contributed by atoms with Crippen LogP contribution in [0.3, 0.4) is 0 Å². The Bertz CT molecular complexity index is 763. The third kappa shape index (κ3) is 3.18. The van der Waals surface area contributed by atoms with Crippen molar-refractivity contribution in [3.63, 3.8) is 0 Å². The summed E-state index contributed by atoms with van der Waals surface area (Å²) in [7, 11) is 1.92. The normalized spacial score (nSPS) is 21.4. The van der Waals surface area contributed by atoms with Crippen molar-refractivity contribution in [2.24, 2.45) is 13.0 Å². The molecule has 0 unspecified atom stereocenters. The zero-order chi connectivity index (χ0) is 18.1. The van der Waals surface area contributed by atoms with Gasteiger partial charge in [0.2, 0.25) is 0 Å². The van der Waals surface area contributed by atoms with Gasteiger partial charge in [-0.2, -0.15) is 0 Å². The Morgan fingerprint density at radius 2 is 1.96 bits per heavy atom. The number of anilines is 1. The molecule has 2 aliphatic rings. The number of rotatable bonds is 3. The smallest absolute Gasteiger partial charge is 0.256 e. The van der Waals surface area contributed by atoms with Crippen molar-refractivity contribution >= 4 is 11.7 Å². The molecule has 0 radical (unpaired) electrons. The van der Waals surface area contributed by atoms with Gasteiger partial charge >= 0.3 is 0 Å². The molecule has 0 N–H and O–H groups in total. The molecule has 0 bridgehead atoms. The number of pyridine rings is 1. The molecule has 1 atom stereocenters. The molecule has 0 aromatic carbocycles. The van der Waals surface area contributed by atoms with Gasteiger partial charge in [-0.05, 0) is 43.7 Å². The molecule has 7 nitrogen and oxygen atoms in total. The first-order valence-corrected chi connectivity index (χ1v) is 9.49. The van der Waals surface area contributed by atoms with Crippen LogP contribution in [-0.2, 0) is 7.05 Å². The lowest BCUT2D eigenvalue weighted by Crippen LogP contribution is -2.34. The summed E-state index contributed by atoms with van der Waals surface area (Å²) in [4.78, 5) is 21.8. The fourth-order valence-corrected chi connectivity index (χ4v) is 3.98. The van der Waals surface area contributed by atoms with Crippen molar-refractivity contribution in [1.82, 2.24) is 24.6 Å². The van der Waals surface area contributed by atoms with Gasteiger partial charge in [-0.3, -0.25) is 4.79 Å². The largest absolute Gasteiger partial charge is 0.357 e. The summed E-state index contributed by atoms with van der Waals surface area (Å²) in [6.07, 6.45) is 7.73. The van der Waals surface area contributed by atoms with Crippen LogP contribution in [0.1, 0.15) is 54.8 Å². The summed E-state index contributed by atoms with van der Waals surface area (Å²) < 4.78 is 1.90. The Kier molecular flexibility index (Phi) is 4.61. The molecule has 0 spiro atoms. The first kappa shape index (κ1) is 17.0. The fraction of sp³-hybridized carbons (Fsp3) is 0.579. The molecule has 0 saturated carbocycles. The highest BCUT2D eigenvalue weighted by molar-refractivity contribution is 5.94. The lowest BCUT2D eigenvalue weighted by molar-refractivity contribution is 0.0727. The van der Waals surface area contributed by atoms with Crippen LogP contribution in [0, 0.1) is 5.92 Å². The first-order valence-electron chi connectivity index (χ1n) is 9.49. The second-order valence-electron chi connectivity index (χ2n) is 7.53. The average Bonchev–Trinajstić information content (AvgIpc) is 3.30. The molecular weight excluding hydrogens is 328 g/mol. The quantitative estimate of drug-likeness (QED) is 0.847. The summed E-state index contributed by atoms with van der Waals surface area (Å²) in [5.41, 5.74) is 0.646. The molecule has 1 amide bonds. The van der Waals surface area contributed by atoms with Crippen LogP contribution < -0.4 is 4.90 Å². The van der Waals surface area contributed by atoms with Crippen LogP contribution in [-0.4, -0.2) is 50.2 Å². The molecule has 138 valence electrons. The molecule has 2 aliphatic heterocycles. The second-order valence-corrected chi connectivity index (χ2v) is 7.53. The maximum Gasteiger partial charge on any atom is 0.256 e. The third-order valence-corrected chi connectivity index (χ3v) is 5.66. The minimum Gasteiger partial charge on any atom is -0.357 e. The second kappa shape index (κ2) is 7.05. The van der Waals surface area contributed by atoms with E-state index in [4.69, 9.17) is 0 Å². The van der Waals surface area contributed by atoms with E-state index in [0.717, 1.165) is 50.0 Å². The Balaban J connectivity index is 1.48. The van der Waals surface area contributed by atoms with Gasteiger partial charge in [-0.15, -0.1) is 10.2 Å². The zero-order valence-electron chi connectivity index (χ0n) is 15.5. The minimum atomic E-state index is -0.00161. The van der Waals surface area contributed by atoms with E-state index in [0.29, 0.717) is 5.56 Å². The van der Waals surface area contributed by atoms with Crippen molar-refractivity contribution in [2.75, 3.05) is 24.5 Å². The highest BCUT2D eigenvalue weighted by Crippen LogP contribution is 2.32. The van der Waals surface area contributed by atoms with E-state index in [-0.39, 0.29) is 11.9 Å². The molecule has 7 heteroatoms. The number of aryl methyl sites for hydroxylation is 1. The highest BCUT2D eigenvalue weighted by Gasteiger charge is 2.33. The molecule has 2 fully saturated rings. The number of carbonyl (C=O) groups is 1. The SMILES string of the molecule is CC1CCN(c2ccc(C(=O)N3CCC[C@@H]3c3nncn3C)cn2)CC1. The van der Waals surface area contributed by atoms with Gasteiger partial charge in [0.15, 0.2) is 5.82 Å². The van der Waals surface area contributed by atoms with Crippen molar-refractivity contribution < 1.29 is 4.79 Å². The number of piperidine rings is 1. The predicted octanol–water partition coefficient (Wildman–Crippen LogP) is 2.42. The Morgan fingerprint density at radius 3 is 2.62 bits per heavy atom. The maximum absolute atomic E-state index is 13.0. The molecule has 4 heterocycles. The summed E-state index contributed by atoms with van der Waals surface area (Å²) in [6.45, 7) is 5.14. The van der Waals surface area contributed by atoms with Crippen molar-refractivity contribution in [3.05, 3.63) is 36.0 Å². The van der Waals surface area contributed by atoms with Crippen molar-refractivity contribution in [2.45, 2.75) is 38.6 Å². The topological polar surface area (TPSA) is 67.2 Å². The number of hydrogen-bond acceptors (Lipinski definition) is 5. The number of likely N-dealkylation sites (tertiary alicyclic amines) is 1. The van der Waals surface area contributed by atoms with Gasteiger partial charge in [0, 0.05) is 32.9 Å². The molecule has 2 aromatic rings. The van der Waals surface area contributed by atoms with Crippen LogP contribution in [0.15, 0.2) is 24.7 Å². The van der Waals surface area contributed by atoms with Crippen LogP contribution >= 0.6 is 0 Å². The molecule has 26 heavy (non-hydrogen) atoms. The van der Waals surface area contributed by atoms with Gasteiger partial charge in [0.1, 0.15) is 12.1 Å². The van der Waals surface area contributed by atoms with Crippen LogP contribution in [0.25, 0.3) is 0 Å². The minimum absolute atomic E-state index is 0.00161. The standard InChI is InChI=1S/C19H26N6O/c1-14-7-10-24(11-8-14)17-6-5-15(12-20-17)19(26)25-9-3-4-16(25)18-22-21-13-23(18)2/h5-6,12-14,16H,3-4,7-11H2,1-2H3/t16-/m1/s1. The first-order chi connectivity index (χ1) is 12.6.